The maximum absolute atomic E-state index is 9.74. The lowest BCUT2D eigenvalue weighted by Crippen LogP contribution is -2.16. The van der Waals surface area contributed by atoms with Crippen molar-refractivity contribution in [2.75, 3.05) is 13.7 Å². The van der Waals surface area contributed by atoms with E-state index in [1.54, 1.807) is 13.3 Å². The molecule has 0 unspecified atom stereocenters. The molecule has 0 saturated carbocycles. The molecule has 0 spiro atoms. The van der Waals surface area contributed by atoms with Crippen molar-refractivity contribution in [1.82, 2.24) is 15.1 Å². The van der Waals surface area contributed by atoms with Gasteiger partial charge in [0.05, 0.1) is 11.6 Å². The first-order chi connectivity index (χ1) is 9.70. The Hall–Kier alpha value is -1.53. The zero-order valence-electron chi connectivity index (χ0n) is 11.3. The Morgan fingerprint density at radius 1 is 1.45 bits per heavy atom. The van der Waals surface area contributed by atoms with Crippen molar-refractivity contribution >= 4 is 15.9 Å². The lowest BCUT2D eigenvalue weighted by atomic mass is 10.2. The minimum atomic E-state index is 0.134. The van der Waals surface area contributed by atoms with Crippen molar-refractivity contribution in [3.8, 4) is 11.5 Å². The Labute approximate surface area is 126 Å². The van der Waals surface area contributed by atoms with Gasteiger partial charge in [-0.3, -0.25) is 4.68 Å². The highest BCUT2D eigenvalue weighted by Crippen LogP contribution is 2.35. The van der Waals surface area contributed by atoms with E-state index in [1.165, 1.54) is 0 Å². The molecule has 20 heavy (non-hydrogen) atoms. The Bertz CT molecular complexity index is 544. The number of halogens is 1. The number of phenolic OH excluding ortho intramolecular Hbond substituents is 1. The number of aryl methyl sites for hydroxylation is 1. The van der Waals surface area contributed by atoms with E-state index in [9.17, 15) is 5.11 Å². The Kier molecular flexibility index (Phi) is 5.43. The van der Waals surface area contributed by atoms with Gasteiger partial charge in [0.2, 0.25) is 0 Å². The topological polar surface area (TPSA) is 59.3 Å². The number of benzene rings is 1. The quantitative estimate of drug-likeness (QED) is 0.761. The highest BCUT2D eigenvalue weighted by atomic mass is 79.9. The van der Waals surface area contributed by atoms with Crippen LogP contribution >= 0.6 is 15.9 Å². The third-order valence-electron chi connectivity index (χ3n) is 2.94. The number of nitrogens with one attached hydrogen (secondary N) is 1. The number of phenols is 1. The monoisotopic (exact) mass is 339 g/mol. The van der Waals surface area contributed by atoms with Crippen LogP contribution in [0, 0.1) is 0 Å². The highest BCUT2D eigenvalue weighted by Gasteiger charge is 2.08. The van der Waals surface area contributed by atoms with Gasteiger partial charge >= 0.3 is 0 Å². The lowest BCUT2D eigenvalue weighted by Gasteiger charge is -2.10. The minimum Gasteiger partial charge on any atom is -0.503 e. The Morgan fingerprint density at radius 3 is 3.00 bits per heavy atom. The van der Waals surface area contributed by atoms with Crippen molar-refractivity contribution in [2.24, 2.45) is 0 Å². The summed E-state index contributed by atoms with van der Waals surface area (Å²) in [5.74, 6) is 0.614. The molecule has 0 saturated heterocycles. The van der Waals surface area contributed by atoms with Crippen LogP contribution in [0.3, 0.4) is 0 Å². The van der Waals surface area contributed by atoms with Crippen LogP contribution in [0.2, 0.25) is 0 Å². The number of hydrogen-bond acceptors (Lipinski definition) is 4. The predicted molar refractivity (Wildman–Crippen MR) is 80.9 cm³/mol. The number of methoxy groups -OCH3 is 1. The zero-order valence-corrected chi connectivity index (χ0v) is 12.9. The lowest BCUT2D eigenvalue weighted by molar-refractivity contribution is 0.371. The molecule has 1 aromatic heterocycles. The predicted octanol–water partition coefficient (Wildman–Crippen LogP) is 2.54. The smallest absolute Gasteiger partial charge is 0.172 e. The number of aromatic hydroxyl groups is 1. The van der Waals surface area contributed by atoms with E-state index < -0.39 is 0 Å². The largest absolute Gasteiger partial charge is 0.503 e. The number of hydrogen-bond donors (Lipinski definition) is 2. The third-order valence-corrected chi connectivity index (χ3v) is 3.54. The Morgan fingerprint density at radius 2 is 2.30 bits per heavy atom. The van der Waals surface area contributed by atoms with Crippen LogP contribution < -0.4 is 10.1 Å². The molecule has 0 bridgehead atoms. The molecule has 0 fully saturated rings. The number of ether oxygens (including phenoxy) is 1. The van der Waals surface area contributed by atoms with Gasteiger partial charge in [-0.1, -0.05) is 0 Å². The molecule has 1 aromatic carbocycles. The van der Waals surface area contributed by atoms with Crippen LogP contribution in [0.15, 0.2) is 35.1 Å². The minimum absolute atomic E-state index is 0.134. The normalized spacial score (nSPS) is 10.7. The average Bonchev–Trinajstić information content (AvgIpc) is 2.95. The molecule has 6 heteroatoms. The van der Waals surface area contributed by atoms with E-state index in [0.29, 0.717) is 10.2 Å². The second-order valence-electron chi connectivity index (χ2n) is 4.43. The molecule has 2 rings (SSSR count). The van der Waals surface area contributed by atoms with Crippen LogP contribution in [0.4, 0.5) is 0 Å². The van der Waals surface area contributed by atoms with Crippen LogP contribution in [0.5, 0.6) is 11.5 Å². The maximum Gasteiger partial charge on any atom is 0.172 e. The van der Waals surface area contributed by atoms with Crippen LogP contribution in [0.25, 0.3) is 0 Å². The van der Waals surface area contributed by atoms with Gasteiger partial charge in [-0.2, -0.15) is 5.10 Å². The van der Waals surface area contributed by atoms with Crippen molar-refractivity contribution in [3.63, 3.8) is 0 Å². The summed E-state index contributed by atoms with van der Waals surface area (Å²) in [4.78, 5) is 0. The molecule has 0 radical (unpaired) electrons. The average molecular weight is 340 g/mol. The van der Waals surface area contributed by atoms with Gasteiger partial charge in [0.25, 0.3) is 0 Å². The molecule has 0 amide bonds. The molecule has 5 nitrogen and oxygen atoms in total. The summed E-state index contributed by atoms with van der Waals surface area (Å²) in [6.07, 6.45) is 4.76. The highest BCUT2D eigenvalue weighted by molar-refractivity contribution is 9.10. The molecule has 0 aliphatic carbocycles. The molecule has 108 valence electrons. The molecule has 1 heterocycles. The van der Waals surface area contributed by atoms with E-state index in [-0.39, 0.29) is 5.75 Å². The van der Waals surface area contributed by atoms with Gasteiger partial charge in [-0.25, -0.2) is 0 Å². The maximum atomic E-state index is 9.74. The first-order valence-electron chi connectivity index (χ1n) is 6.44. The number of rotatable bonds is 7. The third kappa shape index (κ3) is 3.98. The van der Waals surface area contributed by atoms with E-state index in [0.717, 1.165) is 31.6 Å². The zero-order chi connectivity index (χ0) is 14.4. The first kappa shape index (κ1) is 14.9. The molecule has 0 aliphatic heterocycles. The summed E-state index contributed by atoms with van der Waals surface area (Å²) < 4.78 is 7.69. The summed E-state index contributed by atoms with van der Waals surface area (Å²) in [6.45, 7) is 2.54. The van der Waals surface area contributed by atoms with Crippen LogP contribution in [0.1, 0.15) is 12.0 Å². The summed E-state index contributed by atoms with van der Waals surface area (Å²) in [5, 5.41) is 17.3. The van der Waals surface area contributed by atoms with Crippen molar-refractivity contribution in [2.45, 2.75) is 19.5 Å². The molecule has 2 N–H and O–H groups in total. The first-order valence-corrected chi connectivity index (χ1v) is 7.23. The fraction of sp³-hybridized carbons (Fsp3) is 0.357. The standard InChI is InChI=1S/C14H18BrN3O2/c1-20-13-9-11(8-12(15)14(13)19)10-16-4-2-6-18-7-3-5-17-18/h3,5,7-9,16,19H,2,4,6,10H2,1H3. The van der Waals surface area contributed by atoms with Crippen molar-refractivity contribution in [3.05, 3.63) is 40.6 Å². The molecule has 2 aromatic rings. The molecular formula is C14H18BrN3O2. The van der Waals surface area contributed by atoms with E-state index in [1.807, 2.05) is 29.1 Å². The van der Waals surface area contributed by atoms with Gasteiger partial charge in [0.15, 0.2) is 11.5 Å². The SMILES string of the molecule is COc1cc(CNCCCn2cccn2)cc(Br)c1O. The van der Waals surface area contributed by atoms with Gasteiger partial charge < -0.3 is 15.2 Å². The summed E-state index contributed by atoms with van der Waals surface area (Å²) in [5.41, 5.74) is 1.06. The van der Waals surface area contributed by atoms with Gasteiger partial charge in [0, 0.05) is 25.5 Å². The Balaban J connectivity index is 1.78. The number of aromatic nitrogens is 2. The van der Waals surface area contributed by atoms with Crippen molar-refractivity contribution in [1.29, 1.82) is 0 Å². The van der Waals surface area contributed by atoms with Crippen LogP contribution in [-0.2, 0) is 13.1 Å². The van der Waals surface area contributed by atoms with Gasteiger partial charge in [0.1, 0.15) is 0 Å². The molecule has 0 aliphatic rings. The van der Waals surface area contributed by atoms with Gasteiger partial charge in [-0.05, 0) is 52.7 Å². The second-order valence-corrected chi connectivity index (χ2v) is 5.28. The summed E-state index contributed by atoms with van der Waals surface area (Å²) in [6, 6.07) is 5.65. The second kappa shape index (κ2) is 7.31. The van der Waals surface area contributed by atoms with E-state index in [2.05, 4.69) is 26.3 Å². The molecular weight excluding hydrogens is 322 g/mol. The molecule has 0 atom stereocenters. The van der Waals surface area contributed by atoms with E-state index in [4.69, 9.17) is 4.74 Å². The van der Waals surface area contributed by atoms with E-state index >= 15 is 0 Å². The van der Waals surface area contributed by atoms with Crippen LogP contribution in [-0.4, -0.2) is 28.5 Å². The summed E-state index contributed by atoms with van der Waals surface area (Å²) >= 11 is 3.32. The fourth-order valence-electron chi connectivity index (χ4n) is 1.92. The summed E-state index contributed by atoms with van der Waals surface area (Å²) in [7, 11) is 1.54. The van der Waals surface area contributed by atoms with Gasteiger partial charge in [-0.15, -0.1) is 0 Å². The fourth-order valence-corrected chi connectivity index (χ4v) is 2.41. The van der Waals surface area contributed by atoms with Crippen molar-refractivity contribution < 1.29 is 9.84 Å². The number of nitrogens with zero attached hydrogens (tertiary/aromatic N) is 2.